The Morgan fingerprint density at radius 1 is 1.19 bits per heavy atom. The molecule has 0 unspecified atom stereocenters. The predicted octanol–water partition coefficient (Wildman–Crippen LogP) is 2.26. The van der Waals surface area contributed by atoms with Crippen molar-refractivity contribution in [1.82, 2.24) is 29.8 Å². The van der Waals surface area contributed by atoms with Gasteiger partial charge >= 0.3 is 0 Å². The van der Waals surface area contributed by atoms with Gasteiger partial charge in [-0.2, -0.15) is 5.10 Å². The standard InChI is InChI=1S/C18H25N7.HI/c1-15-6-3-11-24-14-16(23-17(15)24)7-10-21-18(19-2)20-8-4-12-25-13-5-9-22-25;/h3,5-6,9,11,13-14H,4,7-8,10,12H2,1-2H3,(H2,19,20,21);1H. The topological polar surface area (TPSA) is 71.5 Å². The molecule has 140 valence electrons. The Hall–Kier alpha value is -2.10. The van der Waals surface area contributed by atoms with Gasteiger partial charge in [0.1, 0.15) is 5.65 Å². The number of guanidine groups is 1. The molecule has 3 aromatic rings. The predicted molar refractivity (Wildman–Crippen MR) is 115 cm³/mol. The number of pyridine rings is 1. The number of hydrogen-bond donors (Lipinski definition) is 2. The molecule has 0 bridgehead atoms. The Labute approximate surface area is 170 Å². The lowest BCUT2D eigenvalue weighted by Crippen LogP contribution is -2.39. The Kier molecular flexibility index (Phi) is 7.89. The maximum atomic E-state index is 4.69. The Balaban J connectivity index is 0.00000243. The lowest BCUT2D eigenvalue weighted by Gasteiger charge is -2.11. The van der Waals surface area contributed by atoms with E-state index in [0.717, 1.165) is 49.8 Å². The minimum absolute atomic E-state index is 0. The van der Waals surface area contributed by atoms with Crippen LogP contribution in [0.1, 0.15) is 17.7 Å². The van der Waals surface area contributed by atoms with Gasteiger partial charge in [-0.05, 0) is 31.0 Å². The number of fused-ring (bicyclic) bond motifs is 1. The van der Waals surface area contributed by atoms with Crippen LogP contribution in [0.5, 0.6) is 0 Å². The van der Waals surface area contributed by atoms with Crippen LogP contribution in [0.3, 0.4) is 0 Å². The summed E-state index contributed by atoms with van der Waals surface area (Å²) in [4.78, 5) is 8.95. The highest BCUT2D eigenvalue weighted by Gasteiger charge is 2.04. The molecule has 3 aromatic heterocycles. The summed E-state index contributed by atoms with van der Waals surface area (Å²) < 4.78 is 4.01. The summed E-state index contributed by atoms with van der Waals surface area (Å²) in [5.74, 6) is 0.820. The second-order valence-corrected chi connectivity index (χ2v) is 5.95. The van der Waals surface area contributed by atoms with E-state index in [4.69, 9.17) is 4.98 Å². The van der Waals surface area contributed by atoms with Crippen molar-refractivity contribution < 1.29 is 0 Å². The maximum Gasteiger partial charge on any atom is 0.190 e. The minimum atomic E-state index is 0. The number of aryl methyl sites for hydroxylation is 2. The highest BCUT2D eigenvalue weighted by atomic mass is 127. The average Bonchev–Trinajstić information content (AvgIpc) is 3.27. The van der Waals surface area contributed by atoms with Gasteiger partial charge in [0, 0.05) is 57.9 Å². The zero-order valence-electron chi connectivity index (χ0n) is 15.2. The van der Waals surface area contributed by atoms with Gasteiger partial charge in [-0.1, -0.05) is 6.07 Å². The summed E-state index contributed by atoms with van der Waals surface area (Å²) in [6.45, 7) is 4.63. The number of aromatic nitrogens is 4. The van der Waals surface area contributed by atoms with E-state index in [0.29, 0.717) is 0 Å². The number of nitrogens with one attached hydrogen (secondary N) is 2. The fourth-order valence-corrected chi connectivity index (χ4v) is 2.73. The first-order valence-corrected chi connectivity index (χ1v) is 8.61. The average molecular weight is 467 g/mol. The van der Waals surface area contributed by atoms with Crippen molar-refractivity contribution in [2.45, 2.75) is 26.3 Å². The number of hydrogen-bond acceptors (Lipinski definition) is 3. The lowest BCUT2D eigenvalue weighted by molar-refractivity contribution is 0.570. The third kappa shape index (κ3) is 5.45. The first kappa shape index (κ1) is 20.2. The highest BCUT2D eigenvalue weighted by Crippen LogP contribution is 2.09. The van der Waals surface area contributed by atoms with Crippen molar-refractivity contribution >= 4 is 35.6 Å². The molecule has 0 fully saturated rings. The molecule has 0 amide bonds. The summed E-state index contributed by atoms with van der Waals surface area (Å²) in [7, 11) is 1.79. The number of halogens is 1. The smallest absolute Gasteiger partial charge is 0.190 e. The van der Waals surface area contributed by atoms with Crippen LogP contribution in [-0.4, -0.2) is 45.3 Å². The molecule has 0 aliphatic rings. The van der Waals surface area contributed by atoms with Crippen molar-refractivity contribution in [2.24, 2.45) is 4.99 Å². The van der Waals surface area contributed by atoms with Gasteiger partial charge in [-0.3, -0.25) is 9.67 Å². The summed E-state index contributed by atoms with van der Waals surface area (Å²) in [6.07, 6.45) is 9.75. The number of imidazole rings is 1. The SMILES string of the molecule is CN=C(NCCCn1cccn1)NCCc1cn2cccc(C)c2n1.I. The van der Waals surface area contributed by atoms with E-state index in [1.54, 1.807) is 13.2 Å². The van der Waals surface area contributed by atoms with Crippen molar-refractivity contribution in [3.05, 3.63) is 54.2 Å². The molecule has 0 aliphatic heterocycles. The molecule has 0 aliphatic carbocycles. The van der Waals surface area contributed by atoms with Crippen LogP contribution in [0.15, 0.2) is 48.0 Å². The zero-order chi connectivity index (χ0) is 17.5. The van der Waals surface area contributed by atoms with Crippen LogP contribution >= 0.6 is 24.0 Å². The first-order chi connectivity index (χ1) is 12.3. The second-order valence-electron chi connectivity index (χ2n) is 5.95. The van der Waals surface area contributed by atoms with Crippen LogP contribution in [0.25, 0.3) is 5.65 Å². The van der Waals surface area contributed by atoms with Crippen molar-refractivity contribution in [1.29, 1.82) is 0 Å². The molecule has 3 heterocycles. The summed E-state index contributed by atoms with van der Waals surface area (Å²) >= 11 is 0. The van der Waals surface area contributed by atoms with Crippen LogP contribution in [0.2, 0.25) is 0 Å². The molecule has 2 N–H and O–H groups in total. The quantitative estimate of drug-likeness (QED) is 0.242. The van der Waals surface area contributed by atoms with Crippen LogP contribution in [0, 0.1) is 6.92 Å². The maximum absolute atomic E-state index is 4.69. The highest BCUT2D eigenvalue weighted by molar-refractivity contribution is 14.0. The third-order valence-electron chi connectivity index (χ3n) is 4.04. The number of rotatable bonds is 7. The molecule has 0 saturated heterocycles. The zero-order valence-corrected chi connectivity index (χ0v) is 17.6. The van der Waals surface area contributed by atoms with Gasteiger partial charge in [0.15, 0.2) is 5.96 Å². The summed E-state index contributed by atoms with van der Waals surface area (Å²) in [6, 6.07) is 6.06. The van der Waals surface area contributed by atoms with Gasteiger partial charge in [-0.25, -0.2) is 4.98 Å². The van der Waals surface area contributed by atoms with Gasteiger partial charge in [0.25, 0.3) is 0 Å². The molecule has 0 radical (unpaired) electrons. The van der Waals surface area contributed by atoms with E-state index in [-0.39, 0.29) is 24.0 Å². The van der Waals surface area contributed by atoms with Crippen LogP contribution < -0.4 is 10.6 Å². The van der Waals surface area contributed by atoms with E-state index in [9.17, 15) is 0 Å². The van der Waals surface area contributed by atoms with Gasteiger partial charge in [0.05, 0.1) is 5.69 Å². The summed E-state index contributed by atoms with van der Waals surface area (Å²) in [5.41, 5.74) is 3.30. The molecule has 0 saturated carbocycles. The fourth-order valence-electron chi connectivity index (χ4n) is 2.73. The Morgan fingerprint density at radius 3 is 2.77 bits per heavy atom. The normalized spacial score (nSPS) is 11.4. The fraction of sp³-hybridized carbons (Fsp3) is 0.389. The Morgan fingerprint density at radius 2 is 2.04 bits per heavy atom. The Bertz CT molecular complexity index is 823. The molecule has 26 heavy (non-hydrogen) atoms. The second kappa shape index (κ2) is 10.1. The molecular formula is C18H26IN7. The number of aliphatic imine (C=N–C) groups is 1. The molecule has 0 spiro atoms. The third-order valence-corrected chi connectivity index (χ3v) is 4.04. The van der Waals surface area contributed by atoms with E-state index in [2.05, 4.69) is 44.3 Å². The van der Waals surface area contributed by atoms with E-state index in [1.165, 1.54) is 5.56 Å². The largest absolute Gasteiger partial charge is 0.356 e. The molecule has 8 heteroatoms. The van der Waals surface area contributed by atoms with E-state index < -0.39 is 0 Å². The first-order valence-electron chi connectivity index (χ1n) is 8.61. The van der Waals surface area contributed by atoms with Crippen LogP contribution in [-0.2, 0) is 13.0 Å². The minimum Gasteiger partial charge on any atom is -0.356 e. The molecule has 0 atom stereocenters. The molecule has 0 aromatic carbocycles. The lowest BCUT2D eigenvalue weighted by atomic mass is 10.3. The van der Waals surface area contributed by atoms with Crippen molar-refractivity contribution in [3.8, 4) is 0 Å². The van der Waals surface area contributed by atoms with Gasteiger partial charge < -0.3 is 15.0 Å². The van der Waals surface area contributed by atoms with Crippen molar-refractivity contribution in [3.63, 3.8) is 0 Å². The summed E-state index contributed by atoms with van der Waals surface area (Å²) in [5, 5.41) is 10.9. The van der Waals surface area contributed by atoms with Crippen LogP contribution in [0.4, 0.5) is 0 Å². The van der Waals surface area contributed by atoms with Crippen molar-refractivity contribution in [2.75, 3.05) is 20.1 Å². The van der Waals surface area contributed by atoms with Gasteiger partial charge in [-0.15, -0.1) is 24.0 Å². The van der Waals surface area contributed by atoms with Gasteiger partial charge in [0.2, 0.25) is 0 Å². The van der Waals surface area contributed by atoms with E-state index >= 15 is 0 Å². The molecule has 7 nitrogen and oxygen atoms in total. The number of nitrogens with zero attached hydrogens (tertiary/aromatic N) is 5. The molecule has 3 rings (SSSR count). The monoisotopic (exact) mass is 467 g/mol. The van der Waals surface area contributed by atoms with E-state index in [1.807, 2.05) is 29.2 Å². The molecular weight excluding hydrogens is 441 g/mol.